The molecule has 1 amide bonds. The van der Waals surface area contributed by atoms with Gasteiger partial charge in [0.05, 0.1) is 11.0 Å². The second kappa shape index (κ2) is 7.28. The first-order chi connectivity index (χ1) is 13.0. The van der Waals surface area contributed by atoms with Gasteiger partial charge in [-0.3, -0.25) is 14.4 Å². The molecular weight excluding hydrogens is 348 g/mol. The lowest BCUT2D eigenvalue weighted by Crippen LogP contribution is -2.33. The zero-order chi connectivity index (χ0) is 19.0. The van der Waals surface area contributed by atoms with E-state index in [1.807, 2.05) is 0 Å². The Morgan fingerprint density at radius 1 is 1.04 bits per heavy atom. The summed E-state index contributed by atoms with van der Waals surface area (Å²) >= 11 is 0. The van der Waals surface area contributed by atoms with Gasteiger partial charge in [0.25, 0.3) is 5.91 Å². The first kappa shape index (κ1) is 17.9. The molecule has 8 heteroatoms. The molecule has 2 aliphatic heterocycles. The average Bonchev–Trinajstić information content (AvgIpc) is 3.32. The third-order valence-corrected chi connectivity index (χ3v) is 5.76. The predicted molar refractivity (Wildman–Crippen MR) is 101 cm³/mol. The molecule has 0 radical (unpaired) electrons. The Labute approximate surface area is 155 Å². The van der Waals surface area contributed by atoms with Gasteiger partial charge < -0.3 is 24.9 Å². The van der Waals surface area contributed by atoms with Gasteiger partial charge >= 0.3 is 11.1 Å². The highest BCUT2D eigenvalue weighted by Gasteiger charge is 2.36. The van der Waals surface area contributed by atoms with E-state index in [9.17, 15) is 19.5 Å². The molecule has 1 aromatic heterocycles. The van der Waals surface area contributed by atoms with E-state index in [1.54, 1.807) is 23.1 Å². The second-order valence-electron chi connectivity index (χ2n) is 7.59. The maximum absolute atomic E-state index is 13.0. The number of nitrogens with one attached hydrogen (secondary N) is 2. The quantitative estimate of drug-likeness (QED) is 0.654. The van der Waals surface area contributed by atoms with Crippen molar-refractivity contribution in [3.8, 4) is 0 Å². The molecule has 2 aliphatic rings. The molecule has 0 bridgehead atoms. The van der Waals surface area contributed by atoms with Gasteiger partial charge in [0.2, 0.25) is 0 Å². The fraction of sp³-hybridized carbons (Fsp3) is 0.526. The van der Waals surface area contributed by atoms with Gasteiger partial charge in [-0.1, -0.05) is 0 Å². The highest BCUT2D eigenvalue weighted by molar-refractivity contribution is 5.97. The van der Waals surface area contributed by atoms with Gasteiger partial charge in [-0.15, -0.1) is 0 Å². The average molecular weight is 372 g/mol. The largest absolute Gasteiger partial charge is 0.396 e. The molecule has 8 nitrogen and oxygen atoms in total. The van der Waals surface area contributed by atoms with Crippen LogP contribution in [0.1, 0.15) is 23.2 Å². The maximum Gasteiger partial charge on any atom is 0.314 e. The Bertz CT molecular complexity index is 960. The molecule has 27 heavy (non-hydrogen) atoms. The van der Waals surface area contributed by atoms with Gasteiger partial charge in [-0.25, -0.2) is 0 Å². The van der Waals surface area contributed by atoms with Crippen molar-refractivity contribution < 1.29 is 9.90 Å². The van der Waals surface area contributed by atoms with E-state index in [1.165, 1.54) is 12.8 Å². The molecule has 0 saturated carbocycles. The molecule has 0 unspecified atom stereocenters. The zero-order valence-electron chi connectivity index (χ0n) is 15.1. The SMILES string of the molecule is O=C(c1ccc2[nH]c(=O)c(=O)[nH]c2c1)N1C[C@@H](CN2CCCC2)[C@@H](CO)C1. The molecule has 2 saturated heterocycles. The van der Waals surface area contributed by atoms with E-state index in [-0.39, 0.29) is 24.3 Å². The van der Waals surface area contributed by atoms with Gasteiger partial charge in [0.15, 0.2) is 0 Å². The summed E-state index contributed by atoms with van der Waals surface area (Å²) in [6.07, 6.45) is 2.44. The van der Waals surface area contributed by atoms with E-state index < -0.39 is 11.1 Å². The fourth-order valence-electron chi connectivity index (χ4n) is 4.25. The van der Waals surface area contributed by atoms with Crippen molar-refractivity contribution in [1.29, 1.82) is 0 Å². The Hall–Kier alpha value is -2.45. The predicted octanol–water partition coefficient (Wildman–Crippen LogP) is -0.00730. The van der Waals surface area contributed by atoms with Crippen LogP contribution >= 0.6 is 0 Å². The summed E-state index contributed by atoms with van der Waals surface area (Å²) in [6, 6.07) is 4.87. The Kier molecular flexibility index (Phi) is 4.84. The number of carbonyl (C=O) groups excluding carboxylic acids is 1. The first-order valence-corrected chi connectivity index (χ1v) is 9.44. The number of H-pyrrole nitrogens is 2. The fourth-order valence-corrected chi connectivity index (χ4v) is 4.25. The third-order valence-electron chi connectivity index (χ3n) is 5.76. The number of hydrogen-bond donors (Lipinski definition) is 3. The lowest BCUT2D eigenvalue weighted by Gasteiger charge is -2.22. The van der Waals surface area contributed by atoms with Crippen LogP contribution in [0.2, 0.25) is 0 Å². The number of benzene rings is 1. The standard InChI is InChI=1S/C19H24N4O4/c24-11-14-10-23(9-13(14)8-22-5-1-2-6-22)19(27)12-3-4-15-16(7-12)21-18(26)17(25)20-15/h3-4,7,13-14,24H,1-2,5-6,8-11H2,(H,20,25)(H,21,26)/t13-,14-/m1/s1. The monoisotopic (exact) mass is 372 g/mol. The van der Waals surface area contributed by atoms with E-state index in [4.69, 9.17) is 0 Å². The number of amides is 1. The van der Waals surface area contributed by atoms with Crippen LogP contribution in [0.4, 0.5) is 0 Å². The molecule has 2 atom stereocenters. The van der Waals surface area contributed by atoms with E-state index in [0.29, 0.717) is 29.7 Å². The number of likely N-dealkylation sites (tertiary alicyclic amines) is 2. The molecular formula is C19H24N4O4. The third kappa shape index (κ3) is 3.54. The van der Waals surface area contributed by atoms with Gasteiger partial charge in [0, 0.05) is 37.7 Å². The highest BCUT2D eigenvalue weighted by atomic mass is 16.3. The van der Waals surface area contributed by atoms with Gasteiger partial charge in [-0.2, -0.15) is 0 Å². The van der Waals surface area contributed by atoms with Crippen LogP contribution in [0, 0.1) is 11.8 Å². The Balaban J connectivity index is 1.53. The molecule has 2 fully saturated rings. The second-order valence-corrected chi connectivity index (χ2v) is 7.59. The lowest BCUT2D eigenvalue weighted by molar-refractivity contribution is 0.0779. The van der Waals surface area contributed by atoms with Crippen molar-refractivity contribution in [3.63, 3.8) is 0 Å². The van der Waals surface area contributed by atoms with Crippen LogP contribution in [-0.4, -0.2) is 70.1 Å². The van der Waals surface area contributed by atoms with Crippen LogP contribution < -0.4 is 11.1 Å². The normalized spacial score (nSPS) is 23.4. The molecule has 2 aromatic rings. The molecule has 144 valence electrons. The van der Waals surface area contributed by atoms with Crippen LogP contribution in [-0.2, 0) is 0 Å². The van der Waals surface area contributed by atoms with Gasteiger partial charge in [-0.05, 0) is 50.0 Å². The Morgan fingerprint density at radius 3 is 2.41 bits per heavy atom. The number of aromatic amines is 2. The number of fused-ring (bicyclic) bond motifs is 1. The lowest BCUT2D eigenvalue weighted by atomic mass is 9.96. The summed E-state index contributed by atoms with van der Waals surface area (Å²) < 4.78 is 0. The van der Waals surface area contributed by atoms with Crippen molar-refractivity contribution in [2.24, 2.45) is 11.8 Å². The van der Waals surface area contributed by atoms with Crippen LogP contribution in [0.3, 0.4) is 0 Å². The summed E-state index contributed by atoms with van der Waals surface area (Å²) in [5.74, 6) is 0.242. The van der Waals surface area contributed by atoms with Crippen molar-refractivity contribution in [2.45, 2.75) is 12.8 Å². The maximum atomic E-state index is 13.0. The van der Waals surface area contributed by atoms with Crippen LogP contribution in [0.15, 0.2) is 27.8 Å². The Morgan fingerprint density at radius 2 is 1.70 bits per heavy atom. The number of aliphatic hydroxyl groups is 1. The van der Waals surface area contributed by atoms with Crippen molar-refractivity contribution in [1.82, 2.24) is 19.8 Å². The molecule has 0 spiro atoms. The van der Waals surface area contributed by atoms with Gasteiger partial charge in [0.1, 0.15) is 0 Å². The molecule has 1 aromatic carbocycles. The number of rotatable bonds is 4. The number of carbonyl (C=O) groups is 1. The topological polar surface area (TPSA) is 109 Å². The number of nitrogens with zero attached hydrogens (tertiary/aromatic N) is 2. The minimum Gasteiger partial charge on any atom is -0.396 e. The molecule has 4 rings (SSSR count). The summed E-state index contributed by atoms with van der Waals surface area (Å²) in [6.45, 7) is 4.35. The molecule has 3 N–H and O–H groups in total. The summed E-state index contributed by atoms with van der Waals surface area (Å²) in [5.41, 5.74) is -0.0747. The minimum atomic E-state index is -0.737. The summed E-state index contributed by atoms with van der Waals surface area (Å²) in [5, 5.41) is 9.75. The van der Waals surface area contributed by atoms with Crippen molar-refractivity contribution in [2.75, 3.05) is 39.3 Å². The van der Waals surface area contributed by atoms with Crippen molar-refractivity contribution >= 4 is 16.9 Å². The van der Waals surface area contributed by atoms with Crippen LogP contribution in [0.25, 0.3) is 11.0 Å². The number of aliphatic hydroxyl groups excluding tert-OH is 1. The first-order valence-electron chi connectivity index (χ1n) is 9.44. The summed E-state index contributed by atoms with van der Waals surface area (Å²) in [4.78, 5) is 45.1. The minimum absolute atomic E-state index is 0.0779. The van der Waals surface area contributed by atoms with E-state index >= 15 is 0 Å². The number of aromatic nitrogens is 2. The van der Waals surface area contributed by atoms with E-state index in [2.05, 4.69) is 14.9 Å². The van der Waals surface area contributed by atoms with E-state index in [0.717, 1.165) is 19.6 Å². The smallest absolute Gasteiger partial charge is 0.314 e. The zero-order valence-corrected chi connectivity index (χ0v) is 15.1. The number of hydrogen-bond acceptors (Lipinski definition) is 5. The molecule has 0 aliphatic carbocycles. The van der Waals surface area contributed by atoms with Crippen LogP contribution in [0.5, 0.6) is 0 Å². The van der Waals surface area contributed by atoms with Crippen molar-refractivity contribution in [3.05, 3.63) is 44.5 Å². The summed E-state index contributed by atoms with van der Waals surface area (Å²) in [7, 11) is 0. The highest BCUT2D eigenvalue weighted by Crippen LogP contribution is 2.27. The molecule has 3 heterocycles.